The van der Waals surface area contributed by atoms with Gasteiger partial charge in [0.2, 0.25) is 0 Å². The molecular weight excluding hydrogens is 412 g/mol. The largest absolute Gasteiger partial charge is 0.381 e. The van der Waals surface area contributed by atoms with Crippen LogP contribution in [0, 0.1) is 11.3 Å². The molecule has 1 aliphatic rings. The van der Waals surface area contributed by atoms with E-state index in [-0.39, 0.29) is 11.9 Å². The Morgan fingerprint density at radius 2 is 2.03 bits per heavy atom. The maximum Gasteiger partial charge on any atom is 0.256 e. The van der Waals surface area contributed by atoms with Gasteiger partial charge in [0.15, 0.2) is 11.3 Å². The second-order valence-corrected chi connectivity index (χ2v) is 8.01. The Kier molecular flexibility index (Phi) is 5.89. The van der Waals surface area contributed by atoms with E-state index < -0.39 is 11.5 Å². The number of anilines is 4. The molecule has 3 aromatic rings. The number of imidazole rings is 1. The summed E-state index contributed by atoms with van der Waals surface area (Å²) in [4.78, 5) is 20.8. The number of rotatable bonds is 6. The number of aromatic nitrogens is 4. The fraction of sp³-hybridized carbons (Fsp3) is 0.381. The van der Waals surface area contributed by atoms with Crippen molar-refractivity contribution in [2.45, 2.75) is 38.3 Å². The summed E-state index contributed by atoms with van der Waals surface area (Å²) in [5, 5.41) is 33.0. The zero-order valence-electron chi connectivity index (χ0n) is 17.8. The summed E-state index contributed by atoms with van der Waals surface area (Å²) in [6.45, 7) is 4.17. The van der Waals surface area contributed by atoms with Crippen LogP contribution in [-0.2, 0) is 9.53 Å². The van der Waals surface area contributed by atoms with Crippen LogP contribution in [0.15, 0.2) is 30.5 Å². The van der Waals surface area contributed by atoms with Gasteiger partial charge in [-0.3, -0.25) is 4.79 Å². The molecule has 0 bridgehead atoms. The van der Waals surface area contributed by atoms with Gasteiger partial charge >= 0.3 is 0 Å². The van der Waals surface area contributed by atoms with Gasteiger partial charge < -0.3 is 25.8 Å². The minimum atomic E-state index is -1.53. The van der Waals surface area contributed by atoms with Crippen molar-refractivity contribution in [3.05, 3.63) is 36.2 Å². The van der Waals surface area contributed by atoms with Crippen LogP contribution in [0.2, 0.25) is 0 Å². The number of amides is 1. The third kappa shape index (κ3) is 4.77. The van der Waals surface area contributed by atoms with E-state index in [2.05, 4.69) is 37.1 Å². The van der Waals surface area contributed by atoms with Crippen LogP contribution in [0.3, 0.4) is 0 Å². The summed E-state index contributed by atoms with van der Waals surface area (Å²) in [6.07, 6.45) is 3.18. The lowest BCUT2D eigenvalue weighted by Gasteiger charge is -2.23. The topological polar surface area (TPSA) is 149 Å². The SMILES string of the molecule is CC(C)(O)C(=O)Nc1cccc(Nc2cc(NC3CCOCC3)nn3c(C#N)cnc23)n1. The van der Waals surface area contributed by atoms with Crippen LogP contribution in [0.5, 0.6) is 0 Å². The van der Waals surface area contributed by atoms with Crippen molar-refractivity contribution in [1.82, 2.24) is 19.6 Å². The highest BCUT2D eigenvalue weighted by Gasteiger charge is 2.24. The number of nitrogens with zero attached hydrogens (tertiary/aromatic N) is 5. The van der Waals surface area contributed by atoms with Crippen molar-refractivity contribution < 1.29 is 14.6 Å². The molecule has 1 aliphatic heterocycles. The number of nitrogens with one attached hydrogen (secondary N) is 3. The zero-order chi connectivity index (χ0) is 22.7. The number of carbonyl (C=O) groups is 1. The van der Waals surface area contributed by atoms with Crippen LogP contribution >= 0.6 is 0 Å². The molecule has 0 atom stereocenters. The molecule has 11 nitrogen and oxygen atoms in total. The van der Waals surface area contributed by atoms with E-state index in [1.165, 1.54) is 24.6 Å². The van der Waals surface area contributed by atoms with Crippen LogP contribution in [0.1, 0.15) is 32.4 Å². The van der Waals surface area contributed by atoms with Gasteiger partial charge in [-0.1, -0.05) is 6.07 Å². The molecule has 166 valence electrons. The van der Waals surface area contributed by atoms with Crippen molar-refractivity contribution in [3.63, 3.8) is 0 Å². The Hall–Kier alpha value is -3.75. The Labute approximate surface area is 184 Å². The van der Waals surface area contributed by atoms with Crippen LogP contribution < -0.4 is 16.0 Å². The first-order valence-corrected chi connectivity index (χ1v) is 10.2. The number of pyridine rings is 1. The minimum absolute atomic E-state index is 0.217. The predicted octanol–water partition coefficient (Wildman–Crippen LogP) is 2.04. The zero-order valence-corrected chi connectivity index (χ0v) is 17.8. The van der Waals surface area contributed by atoms with E-state index in [4.69, 9.17) is 4.74 Å². The lowest BCUT2D eigenvalue weighted by Crippen LogP contribution is -2.36. The number of carbonyl (C=O) groups excluding carboxylic acids is 1. The molecule has 32 heavy (non-hydrogen) atoms. The number of fused-ring (bicyclic) bond motifs is 1. The van der Waals surface area contributed by atoms with Gasteiger partial charge in [-0.15, -0.1) is 5.10 Å². The maximum atomic E-state index is 12.1. The number of ether oxygens (including phenoxy) is 1. The molecule has 4 heterocycles. The second kappa shape index (κ2) is 8.78. The Morgan fingerprint density at radius 3 is 2.75 bits per heavy atom. The fourth-order valence-electron chi connectivity index (χ4n) is 3.24. The fourth-order valence-corrected chi connectivity index (χ4v) is 3.24. The molecule has 1 saturated heterocycles. The van der Waals surface area contributed by atoms with Gasteiger partial charge in [0.25, 0.3) is 5.91 Å². The van der Waals surface area contributed by atoms with Crippen LogP contribution in [0.4, 0.5) is 23.1 Å². The van der Waals surface area contributed by atoms with Crippen molar-refractivity contribution in [2.24, 2.45) is 0 Å². The van der Waals surface area contributed by atoms with E-state index in [9.17, 15) is 15.2 Å². The molecule has 0 radical (unpaired) electrons. The second-order valence-electron chi connectivity index (χ2n) is 8.01. The third-order valence-electron chi connectivity index (χ3n) is 4.96. The standard InChI is InChI=1S/C21H24N8O3/c1-21(2,31)20(30)27-17-5-3-4-16(26-17)25-15-10-18(24-13-6-8-32-9-7-13)28-29-14(11-22)12-23-19(15)29/h3-5,10,12-13,31H,6-9H2,1-2H3,(H,24,28)(H2,25,26,27,30). The van der Waals surface area contributed by atoms with E-state index in [0.717, 1.165) is 12.8 Å². The highest BCUT2D eigenvalue weighted by atomic mass is 16.5. The normalized spacial score (nSPS) is 14.7. The number of aliphatic hydroxyl groups is 1. The van der Waals surface area contributed by atoms with Crippen molar-refractivity contribution in [2.75, 3.05) is 29.2 Å². The minimum Gasteiger partial charge on any atom is -0.381 e. The molecule has 1 fully saturated rings. The van der Waals surface area contributed by atoms with E-state index >= 15 is 0 Å². The average molecular weight is 436 g/mol. The molecule has 11 heteroatoms. The van der Waals surface area contributed by atoms with Gasteiger partial charge in [-0.25, -0.2) is 9.97 Å². The van der Waals surface area contributed by atoms with Crippen LogP contribution in [0.25, 0.3) is 5.65 Å². The maximum absolute atomic E-state index is 12.1. The molecule has 4 rings (SSSR count). The van der Waals surface area contributed by atoms with E-state index in [1.54, 1.807) is 18.2 Å². The molecule has 4 N–H and O–H groups in total. The molecule has 0 aliphatic carbocycles. The summed E-state index contributed by atoms with van der Waals surface area (Å²) in [7, 11) is 0. The summed E-state index contributed by atoms with van der Waals surface area (Å²) in [5.74, 6) is 0.759. The molecular formula is C21H24N8O3. The van der Waals surface area contributed by atoms with E-state index in [0.29, 0.717) is 41.9 Å². The molecule has 0 unspecified atom stereocenters. The average Bonchev–Trinajstić information content (AvgIpc) is 3.17. The lowest BCUT2D eigenvalue weighted by molar-refractivity contribution is -0.130. The number of hydrogen-bond donors (Lipinski definition) is 4. The van der Waals surface area contributed by atoms with Gasteiger partial charge in [-0.05, 0) is 38.8 Å². The van der Waals surface area contributed by atoms with Gasteiger partial charge in [0, 0.05) is 25.3 Å². The summed E-state index contributed by atoms with van der Waals surface area (Å²) >= 11 is 0. The predicted molar refractivity (Wildman–Crippen MR) is 118 cm³/mol. The summed E-state index contributed by atoms with van der Waals surface area (Å²) in [5.41, 5.74) is -0.171. The Balaban J connectivity index is 1.63. The summed E-state index contributed by atoms with van der Waals surface area (Å²) in [6, 6.07) is 9.20. The number of hydrogen-bond acceptors (Lipinski definition) is 9. The van der Waals surface area contributed by atoms with Crippen molar-refractivity contribution in [1.29, 1.82) is 5.26 Å². The molecule has 3 aromatic heterocycles. The quantitative estimate of drug-likeness (QED) is 0.455. The molecule has 0 spiro atoms. The molecule has 1 amide bonds. The summed E-state index contributed by atoms with van der Waals surface area (Å²) < 4.78 is 6.89. The van der Waals surface area contributed by atoms with Gasteiger partial charge in [0.05, 0.1) is 11.9 Å². The highest BCUT2D eigenvalue weighted by molar-refractivity contribution is 5.95. The third-order valence-corrected chi connectivity index (χ3v) is 4.96. The van der Waals surface area contributed by atoms with Crippen molar-refractivity contribution >= 4 is 34.7 Å². The van der Waals surface area contributed by atoms with Gasteiger partial charge in [0.1, 0.15) is 29.1 Å². The monoisotopic (exact) mass is 436 g/mol. The molecule has 0 aromatic carbocycles. The lowest BCUT2D eigenvalue weighted by atomic mass is 10.1. The highest BCUT2D eigenvalue weighted by Crippen LogP contribution is 2.25. The Morgan fingerprint density at radius 1 is 1.28 bits per heavy atom. The van der Waals surface area contributed by atoms with Gasteiger partial charge in [-0.2, -0.15) is 9.78 Å². The first-order chi connectivity index (χ1) is 15.3. The Bertz CT molecular complexity index is 1170. The first kappa shape index (κ1) is 21.5. The van der Waals surface area contributed by atoms with Crippen LogP contribution in [-0.4, -0.2) is 55.5 Å². The smallest absolute Gasteiger partial charge is 0.256 e. The first-order valence-electron chi connectivity index (χ1n) is 10.2. The molecule has 0 saturated carbocycles. The number of nitriles is 1. The van der Waals surface area contributed by atoms with Crippen molar-refractivity contribution in [3.8, 4) is 6.07 Å². The van der Waals surface area contributed by atoms with E-state index in [1.807, 2.05) is 6.07 Å².